The summed E-state index contributed by atoms with van der Waals surface area (Å²) in [4.78, 5) is 0.500. The Kier molecular flexibility index (Phi) is 5.20. The van der Waals surface area contributed by atoms with Crippen molar-refractivity contribution in [2.24, 2.45) is 0 Å². The molecule has 0 amide bonds. The number of nitrogens with zero attached hydrogens (tertiary/aromatic N) is 2. The molecular weight excluding hydrogens is 396 g/mol. The predicted octanol–water partition coefficient (Wildman–Crippen LogP) is 3.00. The van der Waals surface area contributed by atoms with Gasteiger partial charge in [-0.15, -0.1) is 0 Å². The molecule has 0 N–H and O–H groups in total. The fourth-order valence-electron chi connectivity index (χ4n) is 3.92. The topological polar surface area (TPSA) is 74.8 Å². The molecule has 0 atom stereocenters. The van der Waals surface area contributed by atoms with E-state index < -0.39 is 20.0 Å². The molecule has 4 rings (SSSR count). The van der Waals surface area contributed by atoms with Crippen molar-refractivity contribution in [2.45, 2.75) is 41.9 Å². The van der Waals surface area contributed by atoms with E-state index in [0.29, 0.717) is 38.2 Å². The summed E-state index contributed by atoms with van der Waals surface area (Å²) in [6.07, 6.45) is 4.15. The van der Waals surface area contributed by atoms with E-state index in [1.165, 1.54) is 4.31 Å². The van der Waals surface area contributed by atoms with E-state index in [1.807, 2.05) is 0 Å². The molecule has 2 aliphatic rings. The summed E-state index contributed by atoms with van der Waals surface area (Å²) in [5.74, 6) is 0. The van der Waals surface area contributed by atoms with Crippen LogP contribution in [-0.4, -0.2) is 40.8 Å². The zero-order valence-electron chi connectivity index (χ0n) is 15.6. The molecule has 150 valence electrons. The smallest absolute Gasteiger partial charge is 0.264 e. The Balaban J connectivity index is 1.70. The molecule has 0 aliphatic carbocycles. The summed E-state index contributed by atoms with van der Waals surface area (Å²) in [5.41, 5.74) is 1.34. The Morgan fingerprint density at radius 1 is 0.679 bits per heavy atom. The normalized spacial score (nSPS) is 18.6. The summed E-state index contributed by atoms with van der Waals surface area (Å²) >= 11 is 0. The van der Waals surface area contributed by atoms with Crippen LogP contribution in [0.2, 0.25) is 0 Å². The minimum Gasteiger partial charge on any atom is -0.266 e. The molecule has 2 aromatic carbocycles. The van der Waals surface area contributed by atoms with Gasteiger partial charge >= 0.3 is 0 Å². The van der Waals surface area contributed by atoms with Gasteiger partial charge in [0.15, 0.2) is 0 Å². The monoisotopic (exact) mass is 420 g/mol. The van der Waals surface area contributed by atoms with Gasteiger partial charge < -0.3 is 0 Å². The lowest BCUT2D eigenvalue weighted by Crippen LogP contribution is -2.37. The van der Waals surface area contributed by atoms with Gasteiger partial charge in [-0.05, 0) is 61.6 Å². The number of rotatable bonds is 4. The lowest BCUT2D eigenvalue weighted by atomic mass is 10.0. The molecule has 0 unspecified atom stereocenters. The molecule has 1 fully saturated rings. The summed E-state index contributed by atoms with van der Waals surface area (Å²) in [6.45, 7) is 1.49. The number of benzene rings is 2. The number of aryl methyl sites for hydroxylation is 1. The maximum Gasteiger partial charge on any atom is 0.264 e. The van der Waals surface area contributed by atoms with Crippen LogP contribution in [0.4, 0.5) is 5.69 Å². The van der Waals surface area contributed by atoms with E-state index in [2.05, 4.69) is 0 Å². The predicted molar refractivity (Wildman–Crippen MR) is 108 cm³/mol. The number of hydrogen-bond donors (Lipinski definition) is 0. The van der Waals surface area contributed by atoms with Gasteiger partial charge in [0, 0.05) is 19.6 Å². The summed E-state index contributed by atoms with van der Waals surface area (Å²) in [6, 6.07) is 13.2. The number of hydrogen-bond acceptors (Lipinski definition) is 4. The minimum absolute atomic E-state index is 0.243. The Morgan fingerprint density at radius 3 is 2.11 bits per heavy atom. The highest BCUT2D eigenvalue weighted by Gasteiger charge is 2.31. The average molecular weight is 421 g/mol. The second-order valence-electron chi connectivity index (χ2n) is 7.25. The molecule has 0 bridgehead atoms. The van der Waals surface area contributed by atoms with Gasteiger partial charge in [-0.25, -0.2) is 16.8 Å². The van der Waals surface area contributed by atoms with Crippen molar-refractivity contribution in [2.75, 3.05) is 23.9 Å². The maximum atomic E-state index is 13.1. The van der Waals surface area contributed by atoms with Gasteiger partial charge in [0.1, 0.15) is 0 Å². The molecule has 0 aromatic heterocycles. The molecule has 1 saturated heterocycles. The zero-order valence-corrected chi connectivity index (χ0v) is 17.3. The highest BCUT2D eigenvalue weighted by molar-refractivity contribution is 7.92. The largest absolute Gasteiger partial charge is 0.266 e. The van der Waals surface area contributed by atoms with Crippen LogP contribution in [0, 0.1) is 0 Å². The summed E-state index contributed by atoms with van der Waals surface area (Å²) in [7, 11) is -7.21. The van der Waals surface area contributed by atoms with Crippen LogP contribution in [0.3, 0.4) is 0 Å². The fourth-order valence-corrected chi connectivity index (χ4v) is 7.05. The van der Waals surface area contributed by atoms with E-state index in [-0.39, 0.29) is 9.79 Å². The van der Waals surface area contributed by atoms with Crippen LogP contribution < -0.4 is 4.31 Å². The zero-order chi connectivity index (χ0) is 19.8. The van der Waals surface area contributed by atoms with Crippen molar-refractivity contribution >= 4 is 25.7 Å². The maximum absolute atomic E-state index is 13.1. The van der Waals surface area contributed by atoms with Crippen LogP contribution in [-0.2, 0) is 26.5 Å². The van der Waals surface area contributed by atoms with Crippen molar-refractivity contribution in [3.8, 4) is 0 Å². The third kappa shape index (κ3) is 3.44. The molecule has 28 heavy (non-hydrogen) atoms. The van der Waals surface area contributed by atoms with Crippen molar-refractivity contribution < 1.29 is 16.8 Å². The molecular formula is C20H24N2O4S2. The third-order valence-corrected chi connectivity index (χ3v) is 9.13. The standard InChI is InChI=1S/C20H24N2O4S2/c23-27(24,21-13-5-2-6-14-21)19-11-12-20-17(16-19)8-7-15-22(20)28(25,26)18-9-3-1-4-10-18/h1,3-4,9-12,16H,2,5-8,13-15H2. The lowest BCUT2D eigenvalue weighted by Gasteiger charge is -2.31. The van der Waals surface area contributed by atoms with Crippen molar-refractivity contribution in [1.29, 1.82) is 0 Å². The van der Waals surface area contributed by atoms with Crippen LogP contribution in [0.25, 0.3) is 0 Å². The number of piperidine rings is 1. The number of anilines is 1. The lowest BCUT2D eigenvalue weighted by molar-refractivity contribution is 0.346. The van der Waals surface area contributed by atoms with Crippen LogP contribution in [0.15, 0.2) is 58.3 Å². The average Bonchev–Trinajstić information content (AvgIpc) is 2.74. The summed E-state index contributed by atoms with van der Waals surface area (Å²) < 4.78 is 55.0. The van der Waals surface area contributed by atoms with Gasteiger partial charge in [0.05, 0.1) is 15.5 Å². The molecule has 2 heterocycles. The quantitative estimate of drug-likeness (QED) is 0.762. The van der Waals surface area contributed by atoms with E-state index in [9.17, 15) is 16.8 Å². The highest BCUT2D eigenvalue weighted by atomic mass is 32.2. The van der Waals surface area contributed by atoms with Crippen LogP contribution >= 0.6 is 0 Å². The van der Waals surface area contributed by atoms with Gasteiger partial charge in [-0.1, -0.05) is 24.6 Å². The molecule has 0 spiro atoms. The Morgan fingerprint density at radius 2 is 1.39 bits per heavy atom. The van der Waals surface area contributed by atoms with Crippen LogP contribution in [0.5, 0.6) is 0 Å². The molecule has 0 radical (unpaired) electrons. The van der Waals surface area contributed by atoms with Crippen LogP contribution in [0.1, 0.15) is 31.2 Å². The third-order valence-electron chi connectivity index (χ3n) is 5.41. The van der Waals surface area contributed by atoms with Gasteiger partial charge in [0.2, 0.25) is 10.0 Å². The second-order valence-corrected chi connectivity index (χ2v) is 11.0. The van der Waals surface area contributed by atoms with E-state index in [1.54, 1.807) is 52.8 Å². The Labute approximate surface area is 166 Å². The first kappa shape index (κ1) is 19.4. The first-order chi connectivity index (χ1) is 13.4. The highest BCUT2D eigenvalue weighted by Crippen LogP contribution is 2.34. The van der Waals surface area contributed by atoms with Crippen molar-refractivity contribution in [1.82, 2.24) is 4.31 Å². The van der Waals surface area contributed by atoms with Gasteiger partial charge in [-0.2, -0.15) is 4.31 Å². The minimum atomic E-state index is -3.67. The van der Waals surface area contributed by atoms with Crippen molar-refractivity contribution in [3.63, 3.8) is 0 Å². The number of sulfonamides is 2. The van der Waals surface area contributed by atoms with Gasteiger partial charge in [0.25, 0.3) is 10.0 Å². The molecule has 6 nitrogen and oxygen atoms in total. The Hall–Kier alpha value is -1.90. The second kappa shape index (κ2) is 7.50. The Bertz CT molecular complexity index is 1060. The SMILES string of the molecule is O=S(=O)(c1ccc2c(c1)CCCN2S(=O)(=O)c1ccccc1)N1CCCCC1. The fraction of sp³-hybridized carbons (Fsp3) is 0.400. The van der Waals surface area contributed by atoms with E-state index >= 15 is 0 Å². The molecule has 2 aliphatic heterocycles. The molecule has 8 heteroatoms. The van der Waals surface area contributed by atoms with E-state index in [4.69, 9.17) is 0 Å². The first-order valence-corrected chi connectivity index (χ1v) is 12.5. The van der Waals surface area contributed by atoms with E-state index in [0.717, 1.165) is 24.8 Å². The van der Waals surface area contributed by atoms with Crippen molar-refractivity contribution in [3.05, 3.63) is 54.1 Å². The molecule has 2 aromatic rings. The summed E-state index contributed by atoms with van der Waals surface area (Å²) in [5, 5.41) is 0. The van der Waals surface area contributed by atoms with Gasteiger partial charge in [-0.3, -0.25) is 4.31 Å². The molecule has 0 saturated carbocycles. The first-order valence-electron chi connectivity index (χ1n) is 9.61. The number of fused-ring (bicyclic) bond motifs is 1.